The number of aliphatic hydroxyl groups is 2. The Kier molecular flexibility index (Phi) is 17.9. The molecule has 3 aromatic carbocycles. The summed E-state index contributed by atoms with van der Waals surface area (Å²) in [4.78, 5) is 36.1. The van der Waals surface area contributed by atoms with E-state index in [4.69, 9.17) is 9.47 Å². The van der Waals surface area contributed by atoms with Gasteiger partial charge in [0.15, 0.2) is 0 Å². The molecule has 11 heteroatoms. The van der Waals surface area contributed by atoms with Crippen LogP contribution < -0.4 is 10.1 Å². The minimum atomic E-state index is -1.41. The van der Waals surface area contributed by atoms with Crippen LogP contribution in [-0.4, -0.2) is 51.9 Å². The highest BCUT2D eigenvalue weighted by atomic mass is 19.1. The largest absolute Gasteiger partial charge is 0.460 e. The molecule has 0 saturated heterocycles. The van der Waals surface area contributed by atoms with Gasteiger partial charge in [0.2, 0.25) is 5.91 Å². The van der Waals surface area contributed by atoms with E-state index in [9.17, 15) is 34.3 Å². The van der Waals surface area contributed by atoms with Crippen molar-refractivity contribution in [1.82, 2.24) is 5.32 Å². The van der Waals surface area contributed by atoms with Crippen molar-refractivity contribution >= 4 is 17.6 Å². The number of amides is 1. The van der Waals surface area contributed by atoms with Gasteiger partial charge in [-0.3, -0.25) is 14.9 Å². The molecule has 0 radical (unpaired) electrons. The molecule has 0 spiro atoms. The number of carbonyl (C=O) groups is 2. The van der Waals surface area contributed by atoms with Crippen LogP contribution in [-0.2, 0) is 16.0 Å². The fraction of sp³-hybridized carbons (Fsp3) is 0.487. The lowest BCUT2D eigenvalue weighted by atomic mass is 9.99. The first kappa shape index (κ1) is 40.1. The van der Waals surface area contributed by atoms with Gasteiger partial charge in [-0.2, -0.15) is 0 Å². The molecule has 3 N–H and O–H groups in total. The number of esters is 1. The number of halogens is 1. The van der Waals surface area contributed by atoms with Gasteiger partial charge in [0.25, 0.3) is 5.69 Å². The zero-order valence-electron chi connectivity index (χ0n) is 28.9. The average molecular weight is 695 g/mol. The first-order valence-corrected chi connectivity index (χ1v) is 17.8. The number of hydrogen-bond donors (Lipinski definition) is 3. The summed E-state index contributed by atoms with van der Waals surface area (Å²) in [6.45, 7) is 1.79. The number of benzene rings is 3. The lowest BCUT2D eigenvalue weighted by Crippen LogP contribution is -2.51. The summed E-state index contributed by atoms with van der Waals surface area (Å²) in [5.41, 5.74) is 0.523. The second-order valence-corrected chi connectivity index (χ2v) is 12.7. The minimum absolute atomic E-state index is 0.0643. The van der Waals surface area contributed by atoms with Crippen LogP contribution in [0, 0.1) is 15.9 Å². The lowest BCUT2D eigenvalue weighted by molar-refractivity contribution is -0.384. The highest BCUT2D eigenvalue weighted by Gasteiger charge is 2.29. The molecule has 0 saturated carbocycles. The Bertz CT molecular complexity index is 1430. The zero-order valence-corrected chi connectivity index (χ0v) is 28.9. The number of nitro benzene ring substituents is 1. The first-order valence-electron chi connectivity index (χ1n) is 17.8. The van der Waals surface area contributed by atoms with E-state index in [0.29, 0.717) is 29.9 Å². The number of nitro groups is 1. The Balaban J connectivity index is 1.51. The number of hydrogen-bond acceptors (Lipinski definition) is 8. The molecular formula is C39H51FN2O8. The number of carbonyl (C=O) groups excluding carboxylic acids is 2. The summed E-state index contributed by atoms with van der Waals surface area (Å²) in [5, 5.41) is 35.6. The molecular weight excluding hydrogens is 643 g/mol. The maximum Gasteiger partial charge on any atom is 0.338 e. The molecule has 272 valence electrons. The van der Waals surface area contributed by atoms with Crippen LogP contribution >= 0.6 is 0 Å². The zero-order chi connectivity index (χ0) is 36.1. The number of nitrogens with one attached hydrogen (secondary N) is 1. The average Bonchev–Trinajstić information content (AvgIpc) is 3.11. The normalized spacial score (nSPS) is 12.9. The summed E-state index contributed by atoms with van der Waals surface area (Å²) in [5.74, 6) is -0.684. The molecule has 0 aliphatic heterocycles. The Hall–Kier alpha value is -4.35. The van der Waals surface area contributed by atoms with Crippen LogP contribution in [0.15, 0.2) is 72.8 Å². The number of aliphatic hydroxyl groups excluding tert-OH is 2. The highest BCUT2D eigenvalue weighted by molar-refractivity contribution is 5.89. The quantitative estimate of drug-likeness (QED) is 0.0368. The van der Waals surface area contributed by atoms with Crippen molar-refractivity contribution in [3.63, 3.8) is 0 Å². The number of non-ortho nitro benzene ring substituents is 1. The molecule has 0 aliphatic carbocycles. The van der Waals surface area contributed by atoms with Crippen molar-refractivity contribution in [2.75, 3.05) is 6.61 Å². The number of rotatable bonds is 24. The maximum absolute atomic E-state index is 13.2. The minimum Gasteiger partial charge on any atom is -0.460 e. The summed E-state index contributed by atoms with van der Waals surface area (Å²) >= 11 is 0. The van der Waals surface area contributed by atoms with Gasteiger partial charge in [-0.25, -0.2) is 9.18 Å². The van der Waals surface area contributed by atoms with E-state index < -0.39 is 41.7 Å². The third-order valence-electron chi connectivity index (χ3n) is 8.55. The van der Waals surface area contributed by atoms with Crippen LogP contribution in [0.3, 0.4) is 0 Å². The summed E-state index contributed by atoms with van der Waals surface area (Å²) < 4.78 is 24.3. The van der Waals surface area contributed by atoms with Gasteiger partial charge in [0.1, 0.15) is 30.0 Å². The van der Waals surface area contributed by atoms with E-state index in [-0.39, 0.29) is 23.5 Å². The van der Waals surface area contributed by atoms with Gasteiger partial charge in [-0.1, -0.05) is 96.1 Å². The highest BCUT2D eigenvalue weighted by Crippen LogP contribution is 2.22. The molecule has 10 nitrogen and oxygen atoms in total. The molecule has 1 amide bonds. The van der Waals surface area contributed by atoms with Crippen LogP contribution in [0.2, 0.25) is 0 Å². The van der Waals surface area contributed by atoms with Crippen molar-refractivity contribution in [3.05, 3.63) is 99.9 Å². The van der Waals surface area contributed by atoms with Gasteiger partial charge in [-0.15, -0.1) is 0 Å². The Labute approximate surface area is 294 Å². The molecule has 0 bridgehead atoms. The summed E-state index contributed by atoms with van der Waals surface area (Å²) in [7, 11) is 0. The monoisotopic (exact) mass is 694 g/mol. The van der Waals surface area contributed by atoms with E-state index in [2.05, 4.69) is 12.2 Å². The van der Waals surface area contributed by atoms with Crippen LogP contribution in [0.25, 0.3) is 0 Å². The third kappa shape index (κ3) is 15.0. The third-order valence-corrected chi connectivity index (χ3v) is 8.55. The standard InChI is InChI=1S/C39H51FN2O8/c1-2-3-4-5-6-7-8-9-10-11-12-13-14-36(43)38(45)35(28-49-39(46)30-17-21-32(22-18-30)42(47)48)41-37(44)27-29-15-23-33(24-16-29)50-34-25-19-31(40)20-26-34/h15-26,35-36,38,43,45H,2-14,27-28H2,1H3,(H,41,44)/t35?,36-,38+/m1/s1. The van der Waals surface area contributed by atoms with Gasteiger partial charge in [0, 0.05) is 12.1 Å². The Morgan fingerprint density at radius 3 is 1.84 bits per heavy atom. The molecule has 0 heterocycles. The Morgan fingerprint density at radius 1 is 0.780 bits per heavy atom. The van der Waals surface area contributed by atoms with Gasteiger partial charge >= 0.3 is 5.97 Å². The van der Waals surface area contributed by atoms with Crippen molar-refractivity contribution in [2.45, 2.75) is 115 Å². The number of nitrogens with zero attached hydrogens (tertiary/aromatic N) is 1. The van der Waals surface area contributed by atoms with E-state index in [0.717, 1.165) is 19.3 Å². The first-order chi connectivity index (χ1) is 24.2. The molecule has 3 aromatic rings. The number of ether oxygens (including phenoxy) is 2. The van der Waals surface area contributed by atoms with Crippen molar-refractivity contribution in [3.8, 4) is 11.5 Å². The smallest absolute Gasteiger partial charge is 0.338 e. The molecule has 1 unspecified atom stereocenters. The molecule has 50 heavy (non-hydrogen) atoms. The lowest BCUT2D eigenvalue weighted by Gasteiger charge is -2.27. The molecule has 0 aromatic heterocycles. The van der Waals surface area contributed by atoms with Crippen LogP contribution in [0.5, 0.6) is 11.5 Å². The second kappa shape index (κ2) is 22.4. The molecule has 0 aliphatic rings. The van der Waals surface area contributed by atoms with Crippen molar-refractivity contribution in [1.29, 1.82) is 0 Å². The molecule has 0 fully saturated rings. The van der Waals surface area contributed by atoms with Crippen LogP contribution in [0.4, 0.5) is 10.1 Å². The summed E-state index contributed by atoms with van der Waals surface area (Å²) in [6, 6.07) is 16.1. The molecule has 3 rings (SSSR count). The van der Waals surface area contributed by atoms with E-state index in [1.54, 1.807) is 24.3 Å². The van der Waals surface area contributed by atoms with E-state index >= 15 is 0 Å². The fourth-order valence-corrected chi connectivity index (χ4v) is 5.58. The predicted octanol–water partition coefficient (Wildman–Crippen LogP) is 8.22. The second-order valence-electron chi connectivity index (χ2n) is 12.7. The maximum atomic E-state index is 13.2. The SMILES string of the molecule is CCCCCCCCCCCCCC[C@@H](O)[C@@H](O)C(COC(=O)c1ccc([N+](=O)[O-])cc1)NC(=O)Cc1ccc(Oc2ccc(F)cc2)cc1. The predicted molar refractivity (Wildman–Crippen MR) is 190 cm³/mol. The number of unbranched alkanes of at least 4 members (excludes halogenated alkanes) is 11. The van der Waals surface area contributed by atoms with Gasteiger partial charge in [0.05, 0.1) is 29.1 Å². The van der Waals surface area contributed by atoms with E-state index in [1.807, 2.05) is 0 Å². The van der Waals surface area contributed by atoms with Gasteiger partial charge < -0.3 is 25.0 Å². The van der Waals surface area contributed by atoms with Crippen molar-refractivity contribution < 1.29 is 38.6 Å². The van der Waals surface area contributed by atoms with Crippen molar-refractivity contribution in [2.24, 2.45) is 0 Å². The fourth-order valence-electron chi connectivity index (χ4n) is 5.58. The van der Waals surface area contributed by atoms with Gasteiger partial charge in [-0.05, 0) is 60.5 Å². The van der Waals surface area contributed by atoms with Crippen LogP contribution in [0.1, 0.15) is 106 Å². The summed E-state index contributed by atoms with van der Waals surface area (Å²) in [6.07, 6.45) is 11.7. The van der Waals surface area contributed by atoms with E-state index in [1.165, 1.54) is 99.9 Å². The molecule has 3 atom stereocenters. The Morgan fingerprint density at radius 2 is 1.30 bits per heavy atom. The topological polar surface area (TPSA) is 148 Å².